The van der Waals surface area contributed by atoms with Crippen molar-refractivity contribution in [2.45, 2.75) is 13.0 Å². The monoisotopic (exact) mass is 459 g/mol. The van der Waals surface area contributed by atoms with Gasteiger partial charge >= 0.3 is 5.97 Å². The number of nitrogens with zero attached hydrogens (tertiary/aromatic N) is 1. The highest BCUT2D eigenvalue weighted by molar-refractivity contribution is 5.99. The SMILES string of the molecule is COc1ccc(-c2nc3ccc(C(=O)OC(C)C(=O)Nc4ccc5c(c4)OCO5)cc3[nH]2)cc1. The zero-order chi connectivity index (χ0) is 23.7. The fourth-order valence-electron chi connectivity index (χ4n) is 3.52. The lowest BCUT2D eigenvalue weighted by atomic mass is 10.2. The minimum atomic E-state index is -1.01. The molecular weight excluding hydrogens is 438 g/mol. The largest absolute Gasteiger partial charge is 0.497 e. The number of imidazole rings is 1. The Bertz CT molecular complexity index is 1380. The average Bonchev–Trinajstić information content (AvgIpc) is 3.50. The molecule has 0 radical (unpaired) electrons. The molecule has 1 aromatic heterocycles. The highest BCUT2D eigenvalue weighted by atomic mass is 16.7. The Morgan fingerprint density at radius 2 is 1.82 bits per heavy atom. The summed E-state index contributed by atoms with van der Waals surface area (Å²) >= 11 is 0. The maximum atomic E-state index is 12.7. The Hall–Kier alpha value is -4.53. The Labute approximate surface area is 194 Å². The number of esters is 1. The summed E-state index contributed by atoms with van der Waals surface area (Å²) in [5, 5.41) is 2.71. The van der Waals surface area contributed by atoms with Gasteiger partial charge in [0.2, 0.25) is 6.79 Å². The van der Waals surface area contributed by atoms with Crippen LogP contribution in [0.25, 0.3) is 22.4 Å². The van der Waals surface area contributed by atoms with Gasteiger partial charge in [0.1, 0.15) is 11.6 Å². The molecule has 3 aromatic carbocycles. The number of ether oxygens (including phenoxy) is 4. The summed E-state index contributed by atoms with van der Waals surface area (Å²) in [6.45, 7) is 1.65. The van der Waals surface area contributed by atoms with Crippen molar-refractivity contribution in [1.82, 2.24) is 9.97 Å². The van der Waals surface area contributed by atoms with Crippen molar-refractivity contribution in [3.8, 4) is 28.6 Å². The van der Waals surface area contributed by atoms with E-state index in [9.17, 15) is 9.59 Å². The maximum Gasteiger partial charge on any atom is 0.338 e. The van der Waals surface area contributed by atoms with Crippen LogP contribution in [-0.4, -0.2) is 41.9 Å². The lowest BCUT2D eigenvalue weighted by molar-refractivity contribution is -0.123. The molecule has 9 nitrogen and oxygen atoms in total. The molecule has 0 spiro atoms. The maximum absolute atomic E-state index is 12.7. The summed E-state index contributed by atoms with van der Waals surface area (Å²) in [6.07, 6.45) is -1.01. The number of aromatic amines is 1. The standard InChI is InChI=1S/C25H21N3O6/c1-14(24(29)26-17-6-10-21-22(12-17)33-13-32-21)34-25(30)16-5-9-19-20(11-16)28-23(27-19)15-3-7-18(31-2)8-4-15/h3-12,14H,13H2,1-2H3,(H,26,29)(H,27,28). The topological polar surface area (TPSA) is 112 Å². The van der Waals surface area contributed by atoms with E-state index in [1.54, 1.807) is 43.5 Å². The predicted molar refractivity (Wildman–Crippen MR) is 124 cm³/mol. The fourth-order valence-corrected chi connectivity index (χ4v) is 3.52. The quantitative estimate of drug-likeness (QED) is 0.417. The summed E-state index contributed by atoms with van der Waals surface area (Å²) in [7, 11) is 1.61. The van der Waals surface area contributed by atoms with Crippen LogP contribution >= 0.6 is 0 Å². The molecule has 1 aliphatic heterocycles. The Morgan fingerprint density at radius 1 is 1.03 bits per heavy atom. The average molecular weight is 459 g/mol. The first-order valence-electron chi connectivity index (χ1n) is 10.6. The zero-order valence-electron chi connectivity index (χ0n) is 18.5. The lowest BCUT2D eigenvalue weighted by Crippen LogP contribution is -2.30. The third-order valence-electron chi connectivity index (χ3n) is 5.37. The number of nitrogens with one attached hydrogen (secondary N) is 2. The van der Waals surface area contributed by atoms with Crippen LogP contribution in [0, 0.1) is 0 Å². The number of H-pyrrole nitrogens is 1. The number of carbonyl (C=O) groups is 2. The number of hydrogen-bond donors (Lipinski definition) is 2. The second-order valence-electron chi connectivity index (χ2n) is 7.65. The van der Waals surface area contributed by atoms with Gasteiger partial charge in [-0.05, 0) is 61.5 Å². The number of anilines is 1. The third-order valence-corrected chi connectivity index (χ3v) is 5.37. The van der Waals surface area contributed by atoms with Gasteiger partial charge < -0.3 is 29.2 Å². The lowest BCUT2D eigenvalue weighted by Gasteiger charge is -2.14. The van der Waals surface area contributed by atoms with E-state index in [0.717, 1.165) is 11.3 Å². The number of methoxy groups -OCH3 is 1. The molecule has 1 aliphatic rings. The summed E-state index contributed by atoms with van der Waals surface area (Å²) in [5.41, 5.74) is 3.09. The van der Waals surface area contributed by atoms with Gasteiger partial charge in [-0.2, -0.15) is 0 Å². The third kappa shape index (κ3) is 4.23. The first-order chi connectivity index (χ1) is 16.5. The summed E-state index contributed by atoms with van der Waals surface area (Å²) in [5.74, 6) is 1.50. The number of benzene rings is 3. The molecule has 0 bridgehead atoms. The predicted octanol–water partition coefficient (Wildman–Crippen LogP) is 4.15. The van der Waals surface area contributed by atoms with Crippen molar-refractivity contribution in [1.29, 1.82) is 0 Å². The molecule has 0 saturated carbocycles. The van der Waals surface area contributed by atoms with E-state index in [2.05, 4.69) is 15.3 Å². The van der Waals surface area contributed by atoms with Crippen LogP contribution in [0.1, 0.15) is 17.3 Å². The van der Waals surface area contributed by atoms with Gasteiger partial charge in [0.05, 0.1) is 23.7 Å². The molecule has 172 valence electrons. The van der Waals surface area contributed by atoms with E-state index in [0.29, 0.717) is 39.6 Å². The summed E-state index contributed by atoms with van der Waals surface area (Å²) in [6, 6.07) is 17.5. The molecule has 2 N–H and O–H groups in total. The van der Waals surface area contributed by atoms with Crippen LogP contribution in [0.5, 0.6) is 17.2 Å². The smallest absolute Gasteiger partial charge is 0.338 e. The Kier molecular flexibility index (Phi) is 5.51. The van der Waals surface area contributed by atoms with Crippen LogP contribution in [0.3, 0.4) is 0 Å². The Balaban J connectivity index is 1.26. The van der Waals surface area contributed by atoms with E-state index in [-0.39, 0.29) is 6.79 Å². The summed E-state index contributed by atoms with van der Waals surface area (Å²) in [4.78, 5) is 33.0. The molecule has 1 amide bonds. The molecule has 5 rings (SSSR count). The molecule has 9 heteroatoms. The fraction of sp³-hybridized carbons (Fsp3) is 0.160. The number of fused-ring (bicyclic) bond motifs is 2. The minimum absolute atomic E-state index is 0.142. The van der Waals surface area contributed by atoms with E-state index in [1.165, 1.54) is 6.92 Å². The van der Waals surface area contributed by atoms with Gasteiger partial charge in [-0.1, -0.05) is 0 Å². The van der Waals surface area contributed by atoms with Crippen LogP contribution in [0.4, 0.5) is 5.69 Å². The highest BCUT2D eigenvalue weighted by Crippen LogP contribution is 2.34. The number of aromatic nitrogens is 2. The molecule has 1 unspecified atom stereocenters. The van der Waals surface area contributed by atoms with Gasteiger partial charge in [0.15, 0.2) is 17.6 Å². The number of hydrogen-bond acceptors (Lipinski definition) is 7. The van der Waals surface area contributed by atoms with Crippen molar-refractivity contribution < 1.29 is 28.5 Å². The second-order valence-corrected chi connectivity index (χ2v) is 7.65. The molecule has 34 heavy (non-hydrogen) atoms. The zero-order valence-corrected chi connectivity index (χ0v) is 18.5. The normalized spacial score (nSPS) is 12.9. The molecule has 0 fully saturated rings. The van der Waals surface area contributed by atoms with E-state index in [1.807, 2.05) is 24.3 Å². The number of amides is 1. The van der Waals surface area contributed by atoms with Crippen LogP contribution in [0.2, 0.25) is 0 Å². The van der Waals surface area contributed by atoms with Crippen molar-refractivity contribution >= 4 is 28.6 Å². The minimum Gasteiger partial charge on any atom is -0.497 e. The molecule has 4 aromatic rings. The molecule has 1 atom stereocenters. The van der Waals surface area contributed by atoms with Crippen molar-refractivity contribution in [2.24, 2.45) is 0 Å². The van der Waals surface area contributed by atoms with Crippen LogP contribution in [-0.2, 0) is 9.53 Å². The van der Waals surface area contributed by atoms with Gasteiger partial charge in [0, 0.05) is 17.3 Å². The number of rotatable bonds is 6. The summed E-state index contributed by atoms with van der Waals surface area (Å²) < 4.78 is 21.1. The van der Waals surface area contributed by atoms with E-state index in [4.69, 9.17) is 18.9 Å². The van der Waals surface area contributed by atoms with Gasteiger partial charge in [0.25, 0.3) is 5.91 Å². The first kappa shape index (κ1) is 21.3. The molecule has 0 saturated heterocycles. The Morgan fingerprint density at radius 3 is 2.62 bits per heavy atom. The molecule has 0 aliphatic carbocycles. The van der Waals surface area contributed by atoms with Crippen molar-refractivity contribution in [3.63, 3.8) is 0 Å². The van der Waals surface area contributed by atoms with E-state index < -0.39 is 18.0 Å². The number of carbonyl (C=O) groups excluding carboxylic acids is 2. The van der Waals surface area contributed by atoms with E-state index >= 15 is 0 Å². The van der Waals surface area contributed by atoms with Gasteiger partial charge in [-0.15, -0.1) is 0 Å². The first-order valence-corrected chi connectivity index (χ1v) is 10.6. The van der Waals surface area contributed by atoms with Crippen molar-refractivity contribution in [3.05, 3.63) is 66.2 Å². The highest BCUT2D eigenvalue weighted by Gasteiger charge is 2.21. The molecule has 2 heterocycles. The van der Waals surface area contributed by atoms with Gasteiger partial charge in [-0.3, -0.25) is 4.79 Å². The molecular formula is C25H21N3O6. The van der Waals surface area contributed by atoms with Gasteiger partial charge in [-0.25, -0.2) is 9.78 Å². The van der Waals surface area contributed by atoms with Crippen LogP contribution < -0.4 is 19.5 Å². The second kappa shape index (κ2) is 8.78. The van der Waals surface area contributed by atoms with Crippen molar-refractivity contribution in [2.75, 3.05) is 19.2 Å². The van der Waals surface area contributed by atoms with Crippen LogP contribution in [0.15, 0.2) is 60.7 Å².